The van der Waals surface area contributed by atoms with Crippen LogP contribution in [0.2, 0.25) is 0 Å². The first-order chi connectivity index (χ1) is 9.47. The van der Waals surface area contributed by atoms with E-state index in [2.05, 4.69) is 5.32 Å². The first kappa shape index (κ1) is 17.3. The van der Waals surface area contributed by atoms with Crippen LogP contribution in [0.1, 0.15) is 33.1 Å². The lowest BCUT2D eigenvalue weighted by atomic mass is 9.97. The van der Waals surface area contributed by atoms with Gasteiger partial charge >= 0.3 is 0 Å². The molecule has 118 valence electrons. The number of amides is 1. The molecule has 1 aliphatic heterocycles. The Morgan fingerprint density at radius 2 is 2.00 bits per heavy atom. The molecule has 2 unspecified atom stereocenters. The fraction of sp³-hybridized carbons (Fsp3) is 0.923. The maximum atomic E-state index is 11.2. The van der Waals surface area contributed by atoms with Crippen LogP contribution in [-0.4, -0.2) is 59.9 Å². The Morgan fingerprint density at radius 1 is 1.30 bits per heavy atom. The standard InChI is InChI=1S/C13H26N2O5/c1-8-11(17)12(18)10(15-9(2)16)13(20-8)19-7-5-3-4-6-14/h8,10-13,17-18H,3-7,14H2,1-2H3,(H,15,16)/t8?,10?,11-,12-,13-/m1/s1. The molecule has 0 spiro atoms. The number of aliphatic hydroxyl groups excluding tert-OH is 2. The molecule has 1 fully saturated rings. The molecular weight excluding hydrogens is 264 g/mol. The summed E-state index contributed by atoms with van der Waals surface area (Å²) in [7, 11) is 0. The zero-order valence-electron chi connectivity index (χ0n) is 12.1. The maximum absolute atomic E-state index is 11.2. The van der Waals surface area contributed by atoms with Gasteiger partial charge in [-0.15, -0.1) is 0 Å². The first-order valence-corrected chi connectivity index (χ1v) is 7.07. The van der Waals surface area contributed by atoms with E-state index in [-0.39, 0.29) is 5.91 Å². The monoisotopic (exact) mass is 290 g/mol. The minimum atomic E-state index is -1.11. The van der Waals surface area contributed by atoms with E-state index < -0.39 is 30.6 Å². The molecule has 20 heavy (non-hydrogen) atoms. The van der Waals surface area contributed by atoms with Crippen LogP contribution in [0.5, 0.6) is 0 Å². The van der Waals surface area contributed by atoms with E-state index in [0.717, 1.165) is 19.3 Å². The highest BCUT2D eigenvalue weighted by molar-refractivity contribution is 5.73. The number of hydrogen-bond acceptors (Lipinski definition) is 6. The summed E-state index contributed by atoms with van der Waals surface area (Å²) < 4.78 is 11.1. The Kier molecular flexibility index (Phi) is 7.39. The maximum Gasteiger partial charge on any atom is 0.217 e. The van der Waals surface area contributed by atoms with Crippen molar-refractivity contribution in [2.75, 3.05) is 13.2 Å². The Bertz CT molecular complexity index is 302. The van der Waals surface area contributed by atoms with Crippen LogP contribution >= 0.6 is 0 Å². The molecule has 1 aliphatic rings. The number of carbonyl (C=O) groups is 1. The highest BCUT2D eigenvalue weighted by Crippen LogP contribution is 2.22. The van der Waals surface area contributed by atoms with E-state index in [0.29, 0.717) is 13.2 Å². The van der Waals surface area contributed by atoms with Gasteiger partial charge in [-0.3, -0.25) is 4.79 Å². The molecule has 7 heteroatoms. The predicted molar refractivity (Wildman–Crippen MR) is 72.8 cm³/mol. The normalized spacial score (nSPS) is 34.0. The third-order valence-electron chi connectivity index (χ3n) is 3.34. The van der Waals surface area contributed by atoms with Gasteiger partial charge in [-0.25, -0.2) is 0 Å². The highest BCUT2D eigenvalue weighted by atomic mass is 16.7. The largest absolute Gasteiger partial charge is 0.388 e. The van der Waals surface area contributed by atoms with E-state index in [1.54, 1.807) is 6.92 Å². The molecule has 7 nitrogen and oxygen atoms in total. The molecule has 0 radical (unpaired) electrons. The topological polar surface area (TPSA) is 114 Å². The van der Waals surface area contributed by atoms with Crippen molar-refractivity contribution in [3.63, 3.8) is 0 Å². The second-order valence-electron chi connectivity index (χ2n) is 5.14. The summed E-state index contributed by atoms with van der Waals surface area (Å²) in [4.78, 5) is 11.2. The van der Waals surface area contributed by atoms with Gasteiger partial charge in [0.2, 0.25) is 5.91 Å². The SMILES string of the molecule is CC(=O)NC1[C@H](OCCCCCN)OC(C)[C@@H](O)[C@@H]1O. The summed E-state index contributed by atoms with van der Waals surface area (Å²) in [5.41, 5.74) is 5.41. The second kappa shape index (κ2) is 8.53. The molecule has 0 saturated carbocycles. The van der Waals surface area contributed by atoms with Gasteiger partial charge in [-0.1, -0.05) is 0 Å². The second-order valence-corrected chi connectivity index (χ2v) is 5.14. The lowest BCUT2D eigenvalue weighted by Crippen LogP contribution is -2.63. The van der Waals surface area contributed by atoms with Crippen LogP contribution in [0.15, 0.2) is 0 Å². The molecule has 0 aromatic rings. The number of ether oxygens (including phenoxy) is 2. The van der Waals surface area contributed by atoms with E-state index in [9.17, 15) is 15.0 Å². The van der Waals surface area contributed by atoms with Gasteiger partial charge in [0, 0.05) is 13.5 Å². The quantitative estimate of drug-likeness (QED) is 0.452. The van der Waals surface area contributed by atoms with Crippen LogP contribution in [0.4, 0.5) is 0 Å². The Hall–Kier alpha value is -0.730. The molecular formula is C13H26N2O5. The van der Waals surface area contributed by atoms with Crippen molar-refractivity contribution in [3.8, 4) is 0 Å². The number of hydrogen-bond donors (Lipinski definition) is 4. The van der Waals surface area contributed by atoms with E-state index >= 15 is 0 Å². The smallest absolute Gasteiger partial charge is 0.217 e. The molecule has 1 saturated heterocycles. The van der Waals surface area contributed by atoms with Gasteiger partial charge < -0.3 is 30.7 Å². The average molecular weight is 290 g/mol. The zero-order valence-corrected chi connectivity index (χ0v) is 12.1. The van der Waals surface area contributed by atoms with Gasteiger partial charge in [0.15, 0.2) is 6.29 Å². The molecule has 1 amide bonds. The van der Waals surface area contributed by atoms with Gasteiger partial charge in [0.05, 0.1) is 6.10 Å². The summed E-state index contributed by atoms with van der Waals surface area (Å²) in [5.74, 6) is -0.309. The molecule has 5 atom stereocenters. The summed E-state index contributed by atoms with van der Waals surface area (Å²) in [6, 6.07) is -0.770. The van der Waals surface area contributed by atoms with Gasteiger partial charge in [0.1, 0.15) is 18.2 Å². The van der Waals surface area contributed by atoms with Crippen LogP contribution in [-0.2, 0) is 14.3 Å². The van der Waals surface area contributed by atoms with Crippen molar-refractivity contribution >= 4 is 5.91 Å². The highest BCUT2D eigenvalue weighted by Gasteiger charge is 2.43. The van der Waals surface area contributed by atoms with Crippen LogP contribution in [0, 0.1) is 0 Å². The zero-order chi connectivity index (χ0) is 15.1. The number of aliphatic hydroxyl groups is 2. The minimum Gasteiger partial charge on any atom is -0.388 e. The molecule has 0 bridgehead atoms. The number of nitrogens with one attached hydrogen (secondary N) is 1. The third kappa shape index (κ3) is 4.99. The Labute approximate surface area is 119 Å². The number of carbonyl (C=O) groups excluding carboxylic acids is 1. The molecule has 0 aliphatic carbocycles. The van der Waals surface area contributed by atoms with Gasteiger partial charge in [-0.05, 0) is 32.7 Å². The van der Waals surface area contributed by atoms with Gasteiger partial charge in [0.25, 0.3) is 0 Å². The van der Waals surface area contributed by atoms with Crippen LogP contribution in [0.25, 0.3) is 0 Å². The summed E-state index contributed by atoms with van der Waals surface area (Å²) in [6.45, 7) is 4.10. The van der Waals surface area contributed by atoms with E-state index in [1.165, 1.54) is 6.92 Å². The predicted octanol–water partition coefficient (Wildman–Crippen LogP) is -0.897. The van der Waals surface area contributed by atoms with Crippen LogP contribution < -0.4 is 11.1 Å². The minimum absolute atomic E-state index is 0.309. The summed E-state index contributed by atoms with van der Waals surface area (Å²) in [5, 5.41) is 22.4. The Balaban J connectivity index is 2.52. The number of rotatable bonds is 7. The fourth-order valence-electron chi connectivity index (χ4n) is 2.18. The van der Waals surface area contributed by atoms with E-state index in [1.807, 2.05) is 0 Å². The first-order valence-electron chi connectivity index (χ1n) is 7.07. The van der Waals surface area contributed by atoms with Crippen molar-refractivity contribution in [2.45, 2.75) is 63.8 Å². The van der Waals surface area contributed by atoms with E-state index in [4.69, 9.17) is 15.2 Å². The molecule has 5 N–H and O–H groups in total. The molecule has 0 aromatic carbocycles. The third-order valence-corrected chi connectivity index (χ3v) is 3.34. The van der Waals surface area contributed by atoms with Gasteiger partial charge in [-0.2, -0.15) is 0 Å². The number of nitrogens with two attached hydrogens (primary N) is 1. The molecule has 0 aromatic heterocycles. The van der Waals surface area contributed by atoms with Crippen molar-refractivity contribution in [1.29, 1.82) is 0 Å². The molecule has 1 heterocycles. The fourth-order valence-corrected chi connectivity index (χ4v) is 2.18. The van der Waals surface area contributed by atoms with Crippen molar-refractivity contribution in [3.05, 3.63) is 0 Å². The van der Waals surface area contributed by atoms with Crippen molar-refractivity contribution in [2.24, 2.45) is 5.73 Å². The van der Waals surface area contributed by atoms with Crippen LogP contribution in [0.3, 0.4) is 0 Å². The van der Waals surface area contributed by atoms with Crippen molar-refractivity contribution in [1.82, 2.24) is 5.32 Å². The Morgan fingerprint density at radius 3 is 2.60 bits per heavy atom. The average Bonchev–Trinajstić information content (AvgIpc) is 2.40. The summed E-state index contributed by atoms with van der Waals surface area (Å²) >= 11 is 0. The number of unbranched alkanes of at least 4 members (excludes halogenated alkanes) is 2. The molecule has 1 rings (SSSR count). The lowest BCUT2D eigenvalue weighted by Gasteiger charge is -2.41. The lowest BCUT2D eigenvalue weighted by molar-refractivity contribution is -0.260. The van der Waals surface area contributed by atoms with Crippen molar-refractivity contribution < 1.29 is 24.5 Å². The summed E-state index contributed by atoms with van der Waals surface area (Å²) in [6.07, 6.45) is -0.761.